The molecule has 0 saturated heterocycles. The third-order valence-corrected chi connectivity index (χ3v) is 7.70. The van der Waals surface area contributed by atoms with Gasteiger partial charge in [-0.25, -0.2) is 13.1 Å². The van der Waals surface area contributed by atoms with Crippen molar-refractivity contribution in [2.45, 2.75) is 75.6 Å². The van der Waals surface area contributed by atoms with E-state index in [9.17, 15) is 13.2 Å². The summed E-state index contributed by atoms with van der Waals surface area (Å²) in [6.45, 7) is 2.83. The number of unbranched alkanes of at least 4 members (excludes halogenated alkanes) is 3. The van der Waals surface area contributed by atoms with Crippen LogP contribution in [-0.2, 0) is 10.0 Å². The van der Waals surface area contributed by atoms with E-state index in [2.05, 4.69) is 22.3 Å². The van der Waals surface area contributed by atoms with Crippen molar-refractivity contribution in [1.29, 1.82) is 0 Å². The third kappa shape index (κ3) is 8.91. The van der Waals surface area contributed by atoms with Gasteiger partial charge in [-0.1, -0.05) is 45.4 Å². The van der Waals surface area contributed by atoms with E-state index >= 15 is 0 Å². The van der Waals surface area contributed by atoms with Crippen molar-refractivity contribution in [2.75, 3.05) is 11.9 Å². The van der Waals surface area contributed by atoms with Crippen LogP contribution in [0.2, 0.25) is 0 Å². The van der Waals surface area contributed by atoms with E-state index in [4.69, 9.17) is 17.0 Å². The molecule has 1 aliphatic rings. The van der Waals surface area contributed by atoms with E-state index in [1.54, 1.807) is 36.4 Å². The van der Waals surface area contributed by atoms with Crippen LogP contribution < -0.4 is 20.1 Å². The van der Waals surface area contributed by atoms with Gasteiger partial charge in [0, 0.05) is 17.3 Å². The fraction of sp³-hybridized carbons (Fsp3) is 0.462. The highest BCUT2D eigenvalue weighted by molar-refractivity contribution is 7.89. The molecule has 35 heavy (non-hydrogen) atoms. The zero-order valence-corrected chi connectivity index (χ0v) is 21.8. The Labute approximate surface area is 214 Å². The summed E-state index contributed by atoms with van der Waals surface area (Å²) in [4.78, 5) is 12.7. The molecule has 0 aromatic heterocycles. The molecule has 0 bridgehead atoms. The molecule has 0 atom stereocenters. The Morgan fingerprint density at radius 1 is 0.971 bits per heavy atom. The second-order valence-electron chi connectivity index (χ2n) is 8.82. The molecular formula is C26H35N3O4S2. The number of anilines is 1. The minimum Gasteiger partial charge on any atom is -0.494 e. The molecule has 1 fully saturated rings. The van der Waals surface area contributed by atoms with E-state index < -0.39 is 10.0 Å². The van der Waals surface area contributed by atoms with Crippen LogP contribution in [0.15, 0.2) is 53.4 Å². The molecule has 9 heteroatoms. The fourth-order valence-corrected chi connectivity index (χ4v) is 5.50. The van der Waals surface area contributed by atoms with Gasteiger partial charge in [0.25, 0.3) is 5.91 Å². The molecular weight excluding hydrogens is 482 g/mol. The van der Waals surface area contributed by atoms with Gasteiger partial charge in [0.05, 0.1) is 11.5 Å². The minimum atomic E-state index is -3.56. The Balaban J connectivity index is 1.46. The predicted molar refractivity (Wildman–Crippen MR) is 143 cm³/mol. The Morgan fingerprint density at radius 2 is 1.66 bits per heavy atom. The first-order valence-corrected chi connectivity index (χ1v) is 14.2. The van der Waals surface area contributed by atoms with Crippen molar-refractivity contribution in [2.24, 2.45) is 0 Å². The van der Waals surface area contributed by atoms with E-state index in [0.717, 1.165) is 50.7 Å². The monoisotopic (exact) mass is 517 g/mol. The molecule has 1 amide bonds. The summed E-state index contributed by atoms with van der Waals surface area (Å²) in [6, 6.07) is 13.2. The number of ether oxygens (including phenoxy) is 1. The van der Waals surface area contributed by atoms with Crippen molar-refractivity contribution in [3.8, 4) is 5.75 Å². The molecule has 0 unspecified atom stereocenters. The second-order valence-corrected chi connectivity index (χ2v) is 10.9. The molecule has 0 aliphatic heterocycles. The molecule has 190 valence electrons. The zero-order chi connectivity index (χ0) is 25.1. The maximum absolute atomic E-state index is 12.6. The average molecular weight is 518 g/mol. The van der Waals surface area contributed by atoms with Crippen LogP contribution in [-0.4, -0.2) is 32.1 Å². The number of carbonyl (C=O) groups is 1. The van der Waals surface area contributed by atoms with E-state index in [0.29, 0.717) is 17.9 Å². The number of sulfonamides is 1. The van der Waals surface area contributed by atoms with Crippen molar-refractivity contribution in [1.82, 2.24) is 10.0 Å². The van der Waals surface area contributed by atoms with E-state index in [1.165, 1.54) is 25.0 Å². The molecule has 0 spiro atoms. The smallest absolute Gasteiger partial charge is 0.257 e. The molecule has 0 heterocycles. The summed E-state index contributed by atoms with van der Waals surface area (Å²) in [5.41, 5.74) is 1.04. The predicted octanol–water partition coefficient (Wildman–Crippen LogP) is 5.38. The first kappa shape index (κ1) is 27.1. The van der Waals surface area contributed by atoms with Crippen molar-refractivity contribution in [3.63, 3.8) is 0 Å². The summed E-state index contributed by atoms with van der Waals surface area (Å²) in [7, 11) is -3.56. The van der Waals surface area contributed by atoms with Gasteiger partial charge in [-0.15, -0.1) is 0 Å². The maximum atomic E-state index is 12.6. The SMILES string of the molecule is CCCCCCOc1ccc(C(=O)NC(=S)Nc2ccc(S(=O)(=O)NC3CCCCC3)cc2)cc1. The number of hydrogen-bond acceptors (Lipinski definition) is 5. The third-order valence-electron chi connectivity index (χ3n) is 5.96. The average Bonchev–Trinajstić information content (AvgIpc) is 2.85. The standard InChI is InChI=1S/C26H35N3O4S2/c1-2-3-4-8-19-33-23-15-11-20(12-16-23)25(30)28-26(34)27-21-13-17-24(18-14-21)35(31,32)29-22-9-6-5-7-10-22/h11-18,22,29H,2-10,19H2,1H3,(H2,27,28,30,34). The number of thiocarbonyl (C=S) groups is 1. The van der Waals surface area contributed by atoms with E-state index in [-0.39, 0.29) is 22.0 Å². The summed E-state index contributed by atoms with van der Waals surface area (Å²) in [5.74, 6) is 0.389. The van der Waals surface area contributed by atoms with Crippen LogP contribution in [0.3, 0.4) is 0 Å². The summed E-state index contributed by atoms with van der Waals surface area (Å²) >= 11 is 5.25. The Hall–Kier alpha value is -2.49. The lowest BCUT2D eigenvalue weighted by Crippen LogP contribution is -2.36. The van der Waals surface area contributed by atoms with Gasteiger partial charge in [0.2, 0.25) is 10.0 Å². The number of rotatable bonds is 11. The normalized spacial score (nSPS) is 14.3. The van der Waals surface area contributed by atoms with Gasteiger partial charge in [0.1, 0.15) is 5.75 Å². The van der Waals surface area contributed by atoms with Crippen molar-refractivity contribution >= 4 is 38.9 Å². The van der Waals surface area contributed by atoms with Gasteiger partial charge in [-0.2, -0.15) is 0 Å². The van der Waals surface area contributed by atoms with Gasteiger partial charge >= 0.3 is 0 Å². The molecule has 0 radical (unpaired) electrons. The van der Waals surface area contributed by atoms with Gasteiger partial charge in [-0.05, 0) is 80.0 Å². The maximum Gasteiger partial charge on any atom is 0.257 e. The van der Waals surface area contributed by atoms with Crippen molar-refractivity contribution < 1.29 is 17.9 Å². The van der Waals surface area contributed by atoms with Gasteiger partial charge in [-0.3, -0.25) is 10.1 Å². The highest BCUT2D eigenvalue weighted by atomic mass is 32.2. The van der Waals surface area contributed by atoms with Gasteiger partial charge < -0.3 is 10.1 Å². The lowest BCUT2D eigenvalue weighted by atomic mass is 9.96. The molecule has 2 aromatic carbocycles. The number of amides is 1. The second kappa shape index (κ2) is 13.6. The van der Waals surface area contributed by atoms with Crippen molar-refractivity contribution in [3.05, 3.63) is 54.1 Å². The molecule has 3 N–H and O–H groups in total. The molecule has 1 saturated carbocycles. The molecule has 7 nitrogen and oxygen atoms in total. The topological polar surface area (TPSA) is 96.5 Å². The van der Waals surface area contributed by atoms with Crippen LogP contribution in [0.25, 0.3) is 0 Å². The summed E-state index contributed by atoms with van der Waals surface area (Å²) < 4.78 is 33.8. The Morgan fingerprint density at radius 3 is 2.31 bits per heavy atom. The molecule has 3 rings (SSSR count). The van der Waals surface area contributed by atoms with Crippen LogP contribution >= 0.6 is 12.2 Å². The first-order chi connectivity index (χ1) is 16.9. The Kier molecular flexibility index (Phi) is 10.5. The van der Waals surface area contributed by atoms with Gasteiger partial charge in [0.15, 0.2) is 5.11 Å². The highest BCUT2D eigenvalue weighted by Gasteiger charge is 2.21. The summed E-state index contributed by atoms with van der Waals surface area (Å²) in [5, 5.41) is 5.68. The quantitative estimate of drug-likeness (QED) is 0.273. The van der Waals surface area contributed by atoms with Crippen LogP contribution in [0.4, 0.5) is 5.69 Å². The van der Waals surface area contributed by atoms with Crippen LogP contribution in [0.1, 0.15) is 75.1 Å². The first-order valence-electron chi connectivity index (χ1n) is 12.3. The molecule has 2 aromatic rings. The largest absolute Gasteiger partial charge is 0.494 e. The minimum absolute atomic E-state index is 0.000708. The number of hydrogen-bond donors (Lipinski definition) is 3. The number of nitrogens with one attached hydrogen (secondary N) is 3. The Bertz CT molecular complexity index is 1060. The fourth-order valence-electron chi connectivity index (χ4n) is 3.98. The lowest BCUT2D eigenvalue weighted by Gasteiger charge is -2.22. The number of carbonyl (C=O) groups excluding carboxylic acids is 1. The number of benzene rings is 2. The lowest BCUT2D eigenvalue weighted by molar-refractivity contribution is 0.0977. The zero-order valence-electron chi connectivity index (χ0n) is 20.2. The molecule has 1 aliphatic carbocycles. The van der Waals surface area contributed by atoms with E-state index in [1.807, 2.05) is 0 Å². The summed E-state index contributed by atoms with van der Waals surface area (Å²) in [6.07, 6.45) is 9.57. The van der Waals surface area contributed by atoms with Crippen LogP contribution in [0, 0.1) is 0 Å². The highest BCUT2D eigenvalue weighted by Crippen LogP contribution is 2.21. The van der Waals surface area contributed by atoms with Crippen LogP contribution in [0.5, 0.6) is 5.75 Å².